The maximum absolute atomic E-state index is 11.7. The molecule has 0 aliphatic rings. The number of benzene rings is 1. The summed E-state index contributed by atoms with van der Waals surface area (Å²) in [5.74, 6) is -1.81. The lowest BCUT2D eigenvalue weighted by Gasteiger charge is -2.12. The molecule has 0 saturated heterocycles. The summed E-state index contributed by atoms with van der Waals surface area (Å²) in [5.41, 5.74) is 0.486. The molecule has 0 fully saturated rings. The van der Waals surface area contributed by atoms with E-state index in [0.29, 0.717) is 5.69 Å². The van der Waals surface area contributed by atoms with Gasteiger partial charge in [-0.1, -0.05) is 0 Å². The lowest BCUT2D eigenvalue weighted by molar-refractivity contribution is -0.138. The second-order valence-corrected chi connectivity index (χ2v) is 4.10. The number of esters is 3. The molecule has 0 saturated carbocycles. The zero-order valence-electron chi connectivity index (χ0n) is 13.2. The molecule has 0 bridgehead atoms. The van der Waals surface area contributed by atoms with E-state index in [-0.39, 0.29) is 17.0 Å². The summed E-state index contributed by atoms with van der Waals surface area (Å²) < 4.78 is 18.8. The lowest BCUT2D eigenvalue weighted by Crippen LogP contribution is -2.15. The highest BCUT2D eigenvalue weighted by Crippen LogP contribution is 2.25. The van der Waals surface area contributed by atoms with Crippen LogP contribution in [0.1, 0.15) is 10.4 Å². The van der Waals surface area contributed by atoms with Crippen LogP contribution in [-0.2, 0) is 23.8 Å². The minimum Gasteiger partial charge on any atom is -0.496 e. The summed E-state index contributed by atoms with van der Waals surface area (Å²) in [6.45, 7) is 0. The summed E-state index contributed by atoms with van der Waals surface area (Å²) >= 11 is 0. The minimum atomic E-state index is -0.758. The Kier molecular flexibility index (Phi) is 6.60. The van der Waals surface area contributed by atoms with Crippen molar-refractivity contribution in [2.75, 3.05) is 33.8 Å². The zero-order chi connectivity index (χ0) is 17.4. The zero-order valence-corrected chi connectivity index (χ0v) is 13.2. The Labute approximate surface area is 133 Å². The summed E-state index contributed by atoms with van der Waals surface area (Å²) in [5, 5.41) is 2.71. The standard InChI is InChI=1S/C15H17NO7/c1-20-12-7-9(5-6-10(12)14(18)22-3)16-11(15(19)23-4)8-13(17)21-2/h5-8,16H,1-4H3/b11-8+. The van der Waals surface area contributed by atoms with Crippen LogP contribution in [0.4, 0.5) is 5.69 Å². The SMILES string of the molecule is COC(=O)/C=C(/Nc1ccc(C(=O)OC)c(OC)c1)C(=O)OC. The normalized spacial score (nSPS) is 10.5. The molecule has 0 aliphatic carbocycles. The molecule has 0 aromatic heterocycles. The smallest absolute Gasteiger partial charge is 0.354 e. The topological polar surface area (TPSA) is 100 Å². The van der Waals surface area contributed by atoms with E-state index in [2.05, 4.69) is 19.5 Å². The van der Waals surface area contributed by atoms with Gasteiger partial charge in [-0.15, -0.1) is 0 Å². The Morgan fingerprint density at radius 3 is 2.22 bits per heavy atom. The number of anilines is 1. The monoisotopic (exact) mass is 323 g/mol. The number of methoxy groups -OCH3 is 4. The van der Waals surface area contributed by atoms with Crippen molar-refractivity contribution in [1.82, 2.24) is 0 Å². The predicted molar refractivity (Wildman–Crippen MR) is 80.1 cm³/mol. The number of carbonyl (C=O) groups is 3. The molecule has 0 spiro atoms. The molecule has 124 valence electrons. The van der Waals surface area contributed by atoms with Crippen LogP contribution in [-0.4, -0.2) is 46.3 Å². The van der Waals surface area contributed by atoms with Crippen molar-refractivity contribution in [3.63, 3.8) is 0 Å². The Hall–Kier alpha value is -3.03. The fraction of sp³-hybridized carbons (Fsp3) is 0.267. The van der Waals surface area contributed by atoms with Crippen LogP contribution in [0.25, 0.3) is 0 Å². The van der Waals surface area contributed by atoms with E-state index in [1.807, 2.05) is 0 Å². The van der Waals surface area contributed by atoms with Crippen molar-refractivity contribution in [1.29, 1.82) is 0 Å². The van der Waals surface area contributed by atoms with Gasteiger partial charge < -0.3 is 24.3 Å². The average Bonchev–Trinajstić information content (AvgIpc) is 2.59. The molecular formula is C15H17NO7. The number of carbonyl (C=O) groups excluding carboxylic acids is 3. The van der Waals surface area contributed by atoms with Crippen molar-refractivity contribution >= 4 is 23.6 Å². The summed E-state index contributed by atoms with van der Waals surface area (Å²) in [6.07, 6.45) is 0.951. The van der Waals surface area contributed by atoms with Crippen molar-refractivity contribution in [2.24, 2.45) is 0 Å². The summed E-state index contributed by atoms with van der Waals surface area (Å²) in [4.78, 5) is 34.6. The molecular weight excluding hydrogens is 306 g/mol. The van der Waals surface area contributed by atoms with E-state index in [9.17, 15) is 14.4 Å². The van der Waals surface area contributed by atoms with Crippen LogP contribution in [0.2, 0.25) is 0 Å². The second kappa shape index (κ2) is 8.42. The fourth-order valence-corrected chi connectivity index (χ4v) is 1.64. The van der Waals surface area contributed by atoms with E-state index < -0.39 is 17.9 Å². The molecule has 0 heterocycles. The van der Waals surface area contributed by atoms with E-state index >= 15 is 0 Å². The molecule has 8 nitrogen and oxygen atoms in total. The fourth-order valence-electron chi connectivity index (χ4n) is 1.64. The molecule has 0 atom stereocenters. The third-order valence-electron chi connectivity index (χ3n) is 2.75. The van der Waals surface area contributed by atoms with E-state index in [1.54, 1.807) is 0 Å². The van der Waals surface area contributed by atoms with Crippen LogP contribution >= 0.6 is 0 Å². The van der Waals surface area contributed by atoms with E-state index in [0.717, 1.165) is 6.08 Å². The molecule has 1 N–H and O–H groups in total. The van der Waals surface area contributed by atoms with Crippen LogP contribution < -0.4 is 10.1 Å². The van der Waals surface area contributed by atoms with Gasteiger partial charge in [-0.3, -0.25) is 0 Å². The van der Waals surface area contributed by atoms with Gasteiger partial charge in [0.25, 0.3) is 0 Å². The second-order valence-electron chi connectivity index (χ2n) is 4.10. The van der Waals surface area contributed by atoms with Crippen molar-refractivity contribution in [3.05, 3.63) is 35.5 Å². The third-order valence-corrected chi connectivity index (χ3v) is 2.75. The quantitative estimate of drug-likeness (QED) is 0.472. The Morgan fingerprint density at radius 2 is 1.70 bits per heavy atom. The lowest BCUT2D eigenvalue weighted by atomic mass is 10.1. The Balaban J connectivity index is 3.14. The number of hydrogen-bond donors (Lipinski definition) is 1. The summed E-state index contributed by atoms with van der Waals surface area (Å²) in [7, 11) is 5.00. The molecule has 1 aromatic rings. The minimum absolute atomic E-state index is 0.132. The predicted octanol–water partition coefficient (Wildman–Crippen LogP) is 1.12. The Morgan fingerprint density at radius 1 is 1.00 bits per heavy atom. The highest BCUT2D eigenvalue weighted by Gasteiger charge is 2.16. The van der Waals surface area contributed by atoms with Crippen molar-refractivity contribution in [2.45, 2.75) is 0 Å². The molecule has 0 amide bonds. The number of rotatable bonds is 6. The van der Waals surface area contributed by atoms with Crippen LogP contribution in [0, 0.1) is 0 Å². The molecule has 0 radical (unpaired) electrons. The first-order valence-corrected chi connectivity index (χ1v) is 6.38. The van der Waals surface area contributed by atoms with Crippen molar-refractivity contribution < 1.29 is 33.3 Å². The molecule has 0 unspecified atom stereocenters. The van der Waals surface area contributed by atoms with Crippen LogP contribution in [0.5, 0.6) is 5.75 Å². The number of hydrogen-bond acceptors (Lipinski definition) is 8. The first kappa shape index (κ1) is 18.0. The maximum atomic E-state index is 11.7. The molecule has 23 heavy (non-hydrogen) atoms. The largest absolute Gasteiger partial charge is 0.496 e. The van der Waals surface area contributed by atoms with Gasteiger partial charge in [-0.2, -0.15) is 0 Å². The average molecular weight is 323 g/mol. The van der Waals surface area contributed by atoms with Gasteiger partial charge in [0.2, 0.25) is 0 Å². The molecule has 0 aliphatic heterocycles. The number of ether oxygens (including phenoxy) is 4. The molecule has 1 aromatic carbocycles. The van der Waals surface area contributed by atoms with Crippen LogP contribution in [0.15, 0.2) is 30.0 Å². The van der Waals surface area contributed by atoms with Gasteiger partial charge in [0.15, 0.2) is 0 Å². The maximum Gasteiger partial charge on any atom is 0.354 e. The van der Waals surface area contributed by atoms with Gasteiger partial charge in [-0.25, -0.2) is 14.4 Å². The van der Waals surface area contributed by atoms with Crippen LogP contribution in [0.3, 0.4) is 0 Å². The first-order chi connectivity index (χ1) is 11.0. The van der Waals surface area contributed by atoms with Gasteiger partial charge in [0.05, 0.1) is 34.5 Å². The van der Waals surface area contributed by atoms with Gasteiger partial charge >= 0.3 is 17.9 Å². The highest BCUT2D eigenvalue weighted by atomic mass is 16.5. The Bertz CT molecular complexity index is 637. The highest BCUT2D eigenvalue weighted by molar-refractivity contribution is 5.99. The van der Waals surface area contributed by atoms with Gasteiger partial charge in [-0.05, 0) is 12.1 Å². The molecule has 1 rings (SSSR count). The number of nitrogens with one attached hydrogen (secondary N) is 1. The van der Waals surface area contributed by atoms with E-state index in [4.69, 9.17) is 4.74 Å². The van der Waals surface area contributed by atoms with Gasteiger partial charge in [0.1, 0.15) is 17.0 Å². The molecule has 8 heteroatoms. The first-order valence-electron chi connectivity index (χ1n) is 6.38. The summed E-state index contributed by atoms with van der Waals surface area (Å²) in [6, 6.07) is 4.45. The van der Waals surface area contributed by atoms with E-state index in [1.165, 1.54) is 46.6 Å². The van der Waals surface area contributed by atoms with Gasteiger partial charge in [0, 0.05) is 11.8 Å². The van der Waals surface area contributed by atoms with Crippen molar-refractivity contribution in [3.8, 4) is 5.75 Å². The third kappa shape index (κ3) is 4.73.